The zero-order valence-electron chi connectivity index (χ0n) is 10.9. The molecule has 0 unspecified atom stereocenters. The summed E-state index contributed by atoms with van der Waals surface area (Å²) in [5.74, 6) is 0. The molecule has 20 heavy (non-hydrogen) atoms. The van der Waals surface area contributed by atoms with Gasteiger partial charge in [0.05, 0.1) is 18.1 Å². The highest BCUT2D eigenvalue weighted by Crippen LogP contribution is 2.17. The van der Waals surface area contributed by atoms with E-state index in [4.69, 9.17) is 0 Å². The quantitative estimate of drug-likeness (QED) is 0.893. The van der Waals surface area contributed by atoms with E-state index in [2.05, 4.69) is 10.4 Å². The second-order valence-corrected chi connectivity index (χ2v) is 6.55. The van der Waals surface area contributed by atoms with Gasteiger partial charge in [-0.1, -0.05) is 18.2 Å². The number of piperazine rings is 1. The average molecular weight is 292 g/mol. The van der Waals surface area contributed by atoms with Crippen LogP contribution in [0, 0.1) is 0 Å². The first kappa shape index (κ1) is 13.3. The van der Waals surface area contributed by atoms with Gasteiger partial charge >= 0.3 is 0 Å². The van der Waals surface area contributed by atoms with Gasteiger partial charge in [-0.25, -0.2) is 13.1 Å². The highest BCUT2D eigenvalue weighted by molar-refractivity contribution is 7.89. The zero-order valence-corrected chi connectivity index (χ0v) is 11.8. The van der Waals surface area contributed by atoms with Crippen molar-refractivity contribution in [3.8, 4) is 5.69 Å². The van der Waals surface area contributed by atoms with Crippen LogP contribution in [0.3, 0.4) is 0 Å². The van der Waals surface area contributed by atoms with Crippen molar-refractivity contribution >= 4 is 10.0 Å². The van der Waals surface area contributed by atoms with Crippen molar-refractivity contribution in [2.24, 2.45) is 0 Å². The summed E-state index contributed by atoms with van der Waals surface area (Å²) in [6.07, 6.45) is 2.97. The summed E-state index contributed by atoms with van der Waals surface area (Å²) >= 11 is 0. The molecular formula is C13H16N4O2S. The molecular weight excluding hydrogens is 276 g/mol. The van der Waals surface area contributed by atoms with Crippen LogP contribution in [-0.4, -0.2) is 48.7 Å². The molecule has 1 aromatic carbocycles. The van der Waals surface area contributed by atoms with Gasteiger partial charge in [-0.2, -0.15) is 9.40 Å². The second-order valence-electron chi connectivity index (χ2n) is 4.61. The summed E-state index contributed by atoms with van der Waals surface area (Å²) in [7, 11) is -3.44. The summed E-state index contributed by atoms with van der Waals surface area (Å²) in [6.45, 7) is 2.37. The van der Waals surface area contributed by atoms with Crippen molar-refractivity contribution in [2.45, 2.75) is 4.90 Å². The summed E-state index contributed by atoms with van der Waals surface area (Å²) in [5, 5.41) is 7.29. The Morgan fingerprint density at radius 3 is 2.50 bits per heavy atom. The normalized spacial score (nSPS) is 17.2. The van der Waals surface area contributed by atoms with E-state index in [9.17, 15) is 8.42 Å². The van der Waals surface area contributed by atoms with Gasteiger partial charge in [0.15, 0.2) is 0 Å². The minimum atomic E-state index is -3.44. The van der Waals surface area contributed by atoms with Gasteiger partial charge in [-0.15, -0.1) is 0 Å². The number of sulfonamides is 1. The molecule has 0 radical (unpaired) electrons. The number of para-hydroxylation sites is 1. The van der Waals surface area contributed by atoms with Crippen LogP contribution in [0.4, 0.5) is 0 Å². The number of hydrogen-bond acceptors (Lipinski definition) is 4. The molecule has 7 heteroatoms. The van der Waals surface area contributed by atoms with Gasteiger partial charge in [-0.05, 0) is 12.1 Å². The largest absolute Gasteiger partial charge is 0.314 e. The smallest absolute Gasteiger partial charge is 0.246 e. The molecule has 6 nitrogen and oxygen atoms in total. The fourth-order valence-corrected chi connectivity index (χ4v) is 3.57. The van der Waals surface area contributed by atoms with Crippen molar-refractivity contribution in [3.05, 3.63) is 42.7 Å². The fraction of sp³-hybridized carbons (Fsp3) is 0.308. The lowest BCUT2D eigenvalue weighted by Gasteiger charge is -2.25. The second kappa shape index (κ2) is 5.35. The van der Waals surface area contributed by atoms with E-state index >= 15 is 0 Å². The van der Waals surface area contributed by atoms with E-state index < -0.39 is 10.0 Å². The van der Waals surface area contributed by atoms with E-state index in [1.807, 2.05) is 30.3 Å². The van der Waals surface area contributed by atoms with Crippen LogP contribution in [0.5, 0.6) is 0 Å². The highest BCUT2D eigenvalue weighted by Gasteiger charge is 2.27. The monoisotopic (exact) mass is 292 g/mol. The Hall–Kier alpha value is -1.70. The Bertz CT molecular complexity index is 675. The van der Waals surface area contributed by atoms with Crippen LogP contribution in [-0.2, 0) is 10.0 Å². The fourth-order valence-electron chi connectivity index (χ4n) is 2.20. The van der Waals surface area contributed by atoms with Gasteiger partial charge in [0.25, 0.3) is 0 Å². The lowest BCUT2D eigenvalue weighted by Crippen LogP contribution is -2.46. The molecule has 0 aliphatic carbocycles. The Balaban J connectivity index is 1.89. The summed E-state index contributed by atoms with van der Waals surface area (Å²) in [4.78, 5) is 0.239. The van der Waals surface area contributed by atoms with Crippen molar-refractivity contribution in [3.63, 3.8) is 0 Å². The Labute approximate surface area is 118 Å². The third-order valence-electron chi connectivity index (χ3n) is 3.29. The summed E-state index contributed by atoms with van der Waals surface area (Å²) < 4.78 is 28.0. The molecule has 0 amide bonds. The molecule has 1 saturated heterocycles. The van der Waals surface area contributed by atoms with Crippen LogP contribution >= 0.6 is 0 Å². The lowest BCUT2D eigenvalue weighted by atomic mass is 10.3. The van der Waals surface area contributed by atoms with Crippen LogP contribution in [0.15, 0.2) is 47.6 Å². The number of aromatic nitrogens is 2. The van der Waals surface area contributed by atoms with Crippen LogP contribution in [0.1, 0.15) is 0 Å². The summed E-state index contributed by atoms with van der Waals surface area (Å²) in [6, 6.07) is 9.46. The maximum absolute atomic E-state index is 12.5. The van der Waals surface area contributed by atoms with Crippen LogP contribution in [0.25, 0.3) is 5.69 Å². The molecule has 3 rings (SSSR count). The average Bonchev–Trinajstić information content (AvgIpc) is 3.00. The van der Waals surface area contributed by atoms with E-state index in [-0.39, 0.29) is 4.90 Å². The van der Waals surface area contributed by atoms with Crippen molar-refractivity contribution in [1.29, 1.82) is 0 Å². The first-order chi connectivity index (χ1) is 9.68. The maximum atomic E-state index is 12.5. The molecule has 106 valence electrons. The van der Waals surface area contributed by atoms with Crippen molar-refractivity contribution in [2.75, 3.05) is 26.2 Å². The highest BCUT2D eigenvalue weighted by atomic mass is 32.2. The third kappa shape index (κ3) is 2.47. The van der Waals surface area contributed by atoms with Gasteiger partial charge in [-0.3, -0.25) is 0 Å². The van der Waals surface area contributed by atoms with Crippen LogP contribution < -0.4 is 5.32 Å². The van der Waals surface area contributed by atoms with E-state index in [0.29, 0.717) is 26.2 Å². The number of nitrogens with one attached hydrogen (secondary N) is 1. The van der Waals surface area contributed by atoms with Crippen molar-refractivity contribution < 1.29 is 8.42 Å². The summed E-state index contributed by atoms with van der Waals surface area (Å²) in [5.41, 5.74) is 0.842. The molecule has 2 aromatic rings. The van der Waals surface area contributed by atoms with Gasteiger partial charge in [0.2, 0.25) is 10.0 Å². The first-order valence-electron chi connectivity index (χ1n) is 6.49. The third-order valence-corrected chi connectivity index (χ3v) is 5.14. The topological polar surface area (TPSA) is 67.2 Å². The first-order valence-corrected chi connectivity index (χ1v) is 7.93. The predicted molar refractivity (Wildman–Crippen MR) is 75.2 cm³/mol. The molecule has 0 spiro atoms. The lowest BCUT2D eigenvalue weighted by molar-refractivity contribution is 0.360. The van der Waals surface area contributed by atoms with E-state index in [1.165, 1.54) is 10.5 Å². The van der Waals surface area contributed by atoms with E-state index in [1.54, 1.807) is 10.9 Å². The predicted octanol–water partition coefficient (Wildman–Crippen LogP) is 0.466. The van der Waals surface area contributed by atoms with Crippen molar-refractivity contribution in [1.82, 2.24) is 19.4 Å². The Morgan fingerprint density at radius 2 is 1.80 bits per heavy atom. The molecule has 2 heterocycles. The molecule has 1 aliphatic heterocycles. The van der Waals surface area contributed by atoms with Gasteiger partial charge in [0.1, 0.15) is 4.90 Å². The molecule has 0 bridgehead atoms. The molecule has 1 aliphatic rings. The van der Waals surface area contributed by atoms with Gasteiger partial charge < -0.3 is 5.32 Å². The minimum absolute atomic E-state index is 0.239. The molecule has 0 atom stereocenters. The molecule has 1 N–H and O–H groups in total. The van der Waals surface area contributed by atoms with Gasteiger partial charge in [0, 0.05) is 26.2 Å². The number of hydrogen-bond donors (Lipinski definition) is 1. The minimum Gasteiger partial charge on any atom is -0.314 e. The SMILES string of the molecule is O=S(=O)(c1cnn(-c2ccccc2)c1)N1CCNCC1. The van der Waals surface area contributed by atoms with Crippen LogP contribution in [0.2, 0.25) is 0 Å². The Morgan fingerprint density at radius 1 is 1.10 bits per heavy atom. The number of nitrogens with zero attached hydrogens (tertiary/aromatic N) is 3. The number of rotatable bonds is 3. The molecule has 1 fully saturated rings. The standard InChI is InChI=1S/C13H16N4O2S/c18-20(19,16-8-6-14-7-9-16)13-10-15-17(11-13)12-4-2-1-3-5-12/h1-5,10-11,14H,6-9H2. The zero-order chi connectivity index (χ0) is 14.0. The number of benzene rings is 1. The molecule has 0 saturated carbocycles. The maximum Gasteiger partial charge on any atom is 0.246 e. The molecule has 1 aromatic heterocycles. The van der Waals surface area contributed by atoms with E-state index in [0.717, 1.165) is 5.69 Å². The Kier molecular flexibility index (Phi) is 3.56.